The lowest BCUT2D eigenvalue weighted by Gasteiger charge is -2.39. The highest BCUT2D eigenvalue weighted by Crippen LogP contribution is 2.21. The van der Waals surface area contributed by atoms with Crippen molar-refractivity contribution in [3.05, 3.63) is 29.3 Å². The molecule has 1 aromatic rings. The largest absolute Gasteiger partial charge is 0.346 e. The minimum Gasteiger partial charge on any atom is -0.346 e. The molecule has 2 atom stereocenters. The number of nitrogens with one attached hydrogen (secondary N) is 1. The molecule has 154 valence electrons. The highest BCUT2D eigenvalue weighted by Gasteiger charge is 2.27. The molecular weight excluding hydrogens is 368 g/mol. The SMILES string of the molecule is Cc1ccc(NC(=S)N2CCN(CC(=O)N3C[C@H](C)C[C@@H](C)C3)CC2)cc1C. The summed E-state index contributed by atoms with van der Waals surface area (Å²) in [5, 5.41) is 4.13. The third-order valence-corrected chi connectivity index (χ3v) is 6.36. The zero-order chi connectivity index (χ0) is 20.3. The third-order valence-electron chi connectivity index (χ3n) is 6.00. The topological polar surface area (TPSA) is 38.8 Å². The molecule has 2 heterocycles. The second kappa shape index (κ2) is 9.23. The first-order valence-corrected chi connectivity index (χ1v) is 10.9. The summed E-state index contributed by atoms with van der Waals surface area (Å²) in [6.07, 6.45) is 1.23. The first-order valence-electron chi connectivity index (χ1n) is 10.4. The summed E-state index contributed by atoms with van der Waals surface area (Å²) in [7, 11) is 0. The molecule has 1 N–H and O–H groups in total. The lowest BCUT2D eigenvalue weighted by Crippen LogP contribution is -2.53. The van der Waals surface area contributed by atoms with E-state index in [9.17, 15) is 4.79 Å². The number of hydrogen-bond acceptors (Lipinski definition) is 3. The van der Waals surface area contributed by atoms with Crippen LogP contribution in [-0.4, -0.2) is 71.5 Å². The minimum atomic E-state index is 0.280. The monoisotopic (exact) mass is 402 g/mol. The molecule has 6 heteroatoms. The zero-order valence-electron chi connectivity index (χ0n) is 17.7. The molecule has 2 aliphatic rings. The van der Waals surface area contributed by atoms with E-state index in [1.165, 1.54) is 17.5 Å². The summed E-state index contributed by atoms with van der Waals surface area (Å²) in [6, 6.07) is 6.33. The number of piperazine rings is 1. The fourth-order valence-corrected chi connectivity index (χ4v) is 4.59. The summed E-state index contributed by atoms with van der Waals surface area (Å²) < 4.78 is 0. The van der Waals surface area contributed by atoms with Crippen molar-refractivity contribution in [1.29, 1.82) is 0 Å². The van der Waals surface area contributed by atoms with Gasteiger partial charge in [0.1, 0.15) is 0 Å². The van der Waals surface area contributed by atoms with Crippen LogP contribution in [0.2, 0.25) is 0 Å². The van der Waals surface area contributed by atoms with E-state index in [4.69, 9.17) is 12.2 Å². The van der Waals surface area contributed by atoms with E-state index in [2.05, 4.69) is 65.9 Å². The van der Waals surface area contributed by atoms with Crippen LogP contribution in [0.3, 0.4) is 0 Å². The number of carbonyl (C=O) groups excluding carboxylic acids is 1. The van der Waals surface area contributed by atoms with Gasteiger partial charge in [-0.1, -0.05) is 19.9 Å². The van der Waals surface area contributed by atoms with Crippen LogP contribution in [0.1, 0.15) is 31.4 Å². The van der Waals surface area contributed by atoms with Gasteiger partial charge in [0.2, 0.25) is 5.91 Å². The molecule has 1 aromatic carbocycles. The van der Waals surface area contributed by atoms with Crippen LogP contribution in [0, 0.1) is 25.7 Å². The van der Waals surface area contributed by atoms with Gasteiger partial charge in [-0.25, -0.2) is 0 Å². The molecule has 0 unspecified atom stereocenters. The third kappa shape index (κ3) is 5.45. The van der Waals surface area contributed by atoms with E-state index in [-0.39, 0.29) is 5.91 Å². The Balaban J connectivity index is 1.45. The molecule has 0 spiro atoms. The Hall–Kier alpha value is -1.66. The summed E-state index contributed by atoms with van der Waals surface area (Å²) in [5.74, 6) is 1.50. The average Bonchev–Trinajstić information content (AvgIpc) is 2.64. The number of piperidine rings is 1. The zero-order valence-corrected chi connectivity index (χ0v) is 18.5. The van der Waals surface area contributed by atoms with Gasteiger partial charge in [0.05, 0.1) is 6.54 Å². The summed E-state index contributed by atoms with van der Waals surface area (Å²) in [6.45, 7) is 14.5. The van der Waals surface area contributed by atoms with Crippen molar-refractivity contribution >= 4 is 28.9 Å². The van der Waals surface area contributed by atoms with Gasteiger partial charge in [-0.2, -0.15) is 0 Å². The van der Waals surface area contributed by atoms with Crippen LogP contribution in [-0.2, 0) is 4.79 Å². The van der Waals surface area contributed by atoms with E-state index >= 15 is 0 Å². The minimum absolute atomic E-state index is 0.280. The normalized spacial score (nSPS) is 23.6. The Kier molecular flexibility index (Phi) is 6.94. The first kappa shape index (κ1) is 21.1. The van der Waals surface area contributed by atoms with Gasteiger partial charge >= 0.3 is 0 Å². The number of anilines is 1. The Morgan fingerprint density at radius 2 is 1.68 bits per heavy atom. The van der Waals surface area contributed by atoms with Crippen molar-refractivity contribution in [3.63, 3.8) is 0 Å². The number of benzene rings is 1. The van der Waals surface area contributed by atoms with Gasteiger partial charge < -0.3 is 15.1 Å². The van der Waals surface area contributed by atoms with Crippen molar-refractivity contribution in [2.75, 3.05) is 51.1 Å². The van der Waals surface area contributed by atoms with Crippen molar-refractivity contribution < 1.29 is 4.79 Å². The van der Waals surface area contributed by atoms with Crippen LogP contribution >= 0.6 is 12.2 Å². The lowest BCUT2D eigenvalue weighted by molar-refractivity contribution is -0.135. The van der Waals surface area contributed by atoms with Gasteiger partial charge in [-0.05, 0) is 67.6 Å². The predicted molar refractivity (Wildman–Crippen MR) is 120 cm³/mol. The van der Waals surface area contributed by atoms with E-state index < -0.39 is 0 Å². The van der Waals surface area contributed by atoms with Gasteiger partial charge in [-0.15, -0.1) is 0 Å². The fraction of sp³-hybridized carbons (Fsp3) is 0.636. The number of aryl methyl sites for hydroxylation is 2. The van der Waals surface area contributed by atoms with Crippen molar-refractivity contribution in [1.82, 2.24) is 14.7 Å². The van der Waals surface area contributed by atoms with Crippen LogP contribution in [0.4, 0.5) is 5.69 Å². The first-order chi connectivity index (χ1) is 13.3. The number of nitrogens with zero attached hydrogens (tertiary/aromatic N) is 3. The number of rotatable bonds is 3. The molecule has 2 aliphatic heterocycles. The molecule has 1 amide bonds. The lowest BCUT2D eigenvalue weighted by atomic mass is 9.92. The van der Waals surface area contributed by atoms with Crippen molar-refractivity contribution in [3.8, 4) is 0 Å². The number of hydrogen-bond donors (Lipinski definition) is 1. The Bertz CT molecular complexity index is 704. The average molecular weight is 403 g/mol. The fourth-order valence-electron chi connectivity index (χ4n) is 4.29. The molecule has 0 aromatic heterocycles. The molecule has 5 nitrogen and oxygen atoms in total. The quantitative estimate of drug-likeness (QED) is 0.787. The predicted octanol–water partition coefficient (Wildman–Crippen LogP) is 3.12. The molecule has 0 aliphatic carbocycles. The molecule has 0 bridgehead atoms. The standard InChI is InChI=1S/C22H34N4OS/c1-16-11-17(2)14-26(13-16)21(27)15-24-7-9-25(10-8-24)22(28)23-20-6-5-18(3)19(4)12-20/h5-6,12,16-17H,7-11,13-15H2,1-4H3,(H,23,28)/t16-,17-/m1/s1. The number of thiocarbonyl (C=S) groups is 1. The van der Waals surface area contributed by atoms with Gasteiger partial charge in [0, 0.05) is 45.0 Å². The van der Waals surface area contributed by atoms with Gasteiger partial charge in [0.25, 0.3) is 0 Å². The molecule has 28 heavy (non-hydrogen) atoms. The molecule has 0 saturated carbocycles. The molecule has 2 fully saturated rings. The van der Waals surface area contributed by atoms with Crippen LogP contribution in [0.15, 0.2) is 18.2 Å². The van der Waals surface area contributed by atoms with E-state index in [0.717, 1.165) is 50.1 Å². The van der Waals surface area contributed by atoms with Crippen molar-refractivity contribution in [2.24, 2.45) is 11.8 Å². The maximum absolute atomic E-state index is 12.7. The number of likely N-dealkylation sites (tertiary alicyclic amines) is 1. The molecule has 0 radical (unpaired) electrons. The molecule has 2 saturated heterocycles. The van der Waals surface area contributed by atoms with E-state index in [1.54, 1.807) is 0 Å². The van der Waals surface area contributed by atoms with Crippen molar-refractivity contribution in [2.45, 2.75) is 34.1 Å². The highest BCUT2D eigenvalue weighted by molar-refractivity contribution is 7.80. The van der Waals surface area contributed by atoms with E-state index in [1.807, 2.05) is 0 Å². The van der Waals surface area contributed by atoms with Crippen LogP contribution in [0.5, 0.6) is 0 Å². The summed E-state index contributed by atoms with van der Waals surface area (Å²) in [5.41, 5.74) is 3.59. The maximum Gasteiger partial charge on any atom is 0.236 e. The Morgan fingerprint density at radius 3 is 2.29 bits per heavy atom. The number of amides is 1. The van der Waals surface area contributed by atoms with Gasteiger partial charge in [0.15, 0.2) is 5.11 Å². The van der Waals surface area contributed by atoms with E-state index in [0.29, 0.717) is 18.4 Å². The molecule has 3 rings (SSSR count). The number of carbonyl (C=O) groups is 1. The van der Waals surface area contributed by atoms with Gasteiger partial charge in [-0.3, -0.25) is 9.69 Å². The Morgan fingerprint density at radius 1 is 1.04 bits per heavy atom. The second-order valence-electron chi connectivity index (χ2n) is 8.74. The molecular formula is C22H34N4OS. The van der Waals surface area contributed by atoms with Crippen LogP contribution < -0.4 is 5.32 Å². The Labute approximate surface area is 175 Å². The van der Waals surface area contributed by atoms with Crippen LogP contribution in [0.25, 0.3) is 0 Å². The second-order valence-corrected chi connectivity index (χ2v) is 9.12. The summed E-state index contributed by atoms with van der Waals surface area (Å²) in [4.78, 5) is 19.2. The maximum atomic E-state index is 12.7. The highest BCUT2D eigenvalue weighted by atomic mass is 32.1. The summed E-state index contributed by atoms with van der Waals surface area (Å²) >= 11 is 5.61. The smallest absolute Gasteiger partial charge is 0.236 e.